The van der Waals surface area contributed by atoms with Gasteiger partial charge in [-0.25, -0.2) is 0 Å². The summed E-state index contributed by atoms with van der Waals surface area (Å²) >= 11 is 5.37. The molecule has 2 N–H and O–H groups in total. The maximum Gasteiger partial charge on any atom is 0.171 e. The molecular weight excluding hydrogens is 292 g/mol. The standard InChI is InChI=1S/C18H18N2OS/c1-12-6-5-8-15(10-12)20-18(22)19-13(2)17-11-14-7-3-4-9-16(14)21-17/h3-11,13H,1-2H3,(H2,19,20,22)/t13-/m0/s1. The third kappa shape index (κ3) is 3.28. The number of para-hydroxylation sites is 1. The molecule has 0 aliphatic heterocycles. The van der Waals surface area contributed by atoms with Crippen LogP contribution < -0.4 is 10.6 Å². The lowest BCUT2D eigenvalue weighted by atomic mass is 10.2. The van der Waals surface area contributed by atoms with Crippen LogP contribution in [0.3, 0.4) is 0 Å². The van der Waals surface area contributed by atoms with Gasteiger partial charge < -0.3 is 15.1 Å². The van der Waals surface area contributed by atoms with Crippen molar-refractivity contribution in [2.75, 3.05) is 5.32 Å². The van der Waals surface area contributed by atoms with E-state index in [1.165, 1.54) is 5.56 Å². The van der Waals surface area contributed by atoms with Crippen LogP contribution in [0, 0.1) is 6.92 Å². The zero-order valence-corrected chi connectivity index (χ0v) is 13.4. The van der Waals surface area contributed by atoms with E-state index in [9.17, 15) is 0 Å². The number of hydrogen-bond donors (Lipinski definition) is 2. The highest BCUT2D eigenvalue weighted by atomic mass is 32.1. The molecule has 1 heterocycles. The van der Waals surface area contributed by atoms with Crippen LogP contribution in [0.5, 0.6) is 0 Å². The normalized spacial score (nSPS) is 12.1. The molecule has 1 aromatic heterocycles. The molecule has 3 nitrogen and oxygen atoms in total. The second kappa shape index (κ2) is 6.20. The number of anilines is 1. The molecule has 4 heteroatoms. The Balaban J connectivity index is 1.68. The Morgan fingerprint density at radius 1 is 1.09 bits per heavy atom. The minimum Gasteiger partial charge on any atom is -0.459 e. The number of thiocarbonyl (C=S) groups is 1. The minimum absolute atomic E-state index is 0.00258. The molecule has 0 radical (unpaired) electrons. The first-order valence-electron chi connectivity index (χ1n) is 7.24. The zero-order valence-electron chi connectivity index (χ0n) is 12.6. The Kier molecular flexibility index (Phi) is 4.11. The number of benzene rings is 2. The van der Waals surface area contributed by atoms with Gasteiger partial charge in [0.15, 0.2) is 5.11 Å². The van der Waals surface area contributed by atoms with Crippen LogP contribution in [-0.4, -0.2) is 5.11 Å². The third-order valence-electron chi connectivity index (χ3n) is 3.49. The van der Waals surface area contributed by atoms with E-state index in [1.54, 1.807) is 0 Å². The van der Waals surface area contributed by atoms with Gasteiger partial charge in [-0.1, -0.05) is 30.3 Å². The number of aryl methyl sites for hydroxylation is 1. The van der Waals surface area contributed by atoms with Gasteiger partial charge in [0.25, 0.3) is 0 Å². The van der Waals surface area contributed by atoms with E-state index in [0.29, 0.717) is 5.11 Å². The number of rotatable bonds is 3. The summed E-state index contributed by atoms with van der Waals surface area (Å²) < 4.78 is 5.85. The molecule has 0 unspecified atom stereocenters. The first-order chi connectivity index (χ1) is 10.6. The first kappa shape index (κ1) is 14.6. The van der Waals surface area contributed by atoms with Gasteiger partial charge in [0.1, 0.15) is 11.3 Å². The summed E-state index contributed by atoms with van der Waals surface area (Å²) in [5.41, 5.74) is 3.07. The molecule has 2 aromatic carbocycles. The fourth-order valence-electron chi connectivity index (χ4n) is 2.37. The summed E-state index contributed by atoms with van der Waals surface area (Å²) in [5.74, 6) is 0.870. The third-order valence-corrected chi connectivity index (χ3v) is 3.71. The van der Waals surface area contributed by atoms with E-state index >= 15 is 0 Å². The van der Waals surface area contributed by atoms with Gasteiger partial charge in [0.05, 0.1) is 6.04 Å². The van der Waals surface area contributed by atoms with Crippen molar-refractivity contribution in [3.63, 3.8) is 0 Å². The van der Waals surface area contributed by atoms with Crippen LogP contribution in [0.4, 0.5) is 5.69 Å². The van der Waals surface area contributed by atoms with E-state index in [-0.39, 0.29) is 6.04 Å². The second-order valence-corrected chi connectivity index (χ2v) is 5.78. The van der Waals surface area contributed by atoms with Crippen molar-refractivity contribution in [1.82, 2.24) is 5.32 Å². The molecule has 0 bridgehead atoms. The number of fused-ring (bicyclic) bond motifs is 1. The van der Waals surface area contributed by atoms with Crippen LogP contribution in [0.2, 0.25) is 0 Å². The first-order valence-corrected chi connectivity index (χ1v) is 7.65. The van der Waals surface area contributed by atoms with Crippen LogP contribution in [0.1, 0.15) is 24.3 Å². The lowest BCUT2D eigenvalue weighted by molar-refractivity contribution is 0.493. The SMILES string of the molecule is Cc1cccc(NC(=S)N[C@@H](C)c2cc3ccccc3o2)c1. The topological polar surface area (TPSA) is 37.2 Å². The average Bonchev–Trinajstić information content (AvgIpc) is 2.91. The van der Waals surface area contributed by atoms with Crippen molar-refractivity contribution in [3.8, 4) is 0 Å². The van der Waals surface area contributed by atoms with E-state index in [1.807, 2.05) is 49.4 Å². The fraction of sp³-hybridized carbons (Fsp3) is 0.167. The Hall–Kier alpha value is -2.33. The van der Waals surface area contributed by atoms with Crippen LogP contribution >= 0.6 is 12.2 Å². The van der Waals surface area contributed by atoms with Crippen molar-refractivity contribution in [2.24, 2.45) is 0 Å². The lowest BCUT2D eigenvalue weighted by Gasteiger charge is -2.15. The van der Waals surface area contributed by atoms with Gasteiger partial charge in [-0.2, -0.15) is 0 Å². The quantitative estimate of drug-likeness (QED) is 0.682. The maximum atomic E-state index is 5.85. The zero-order chi connectivity index (χ0) is 15.5. The van der Waals surface area contributed by atoms with E-state index < -0.39 is 0 Å². The molecule has 22 heavy (non-hydrogen) atoms. The van der Waals surface area contributed by atoms with Crippen LogP contribution in [-0.2, 0) is 0 Å². The Labute approximate surface area is 135 Å². The Morgan fingerprint density at radius 2 is 1.91 bits per heavy atom. The van der Waals surface area contributed by atoms with Gasteiger partial charge in [-0.05, 0) is 55.9 Å². The predicted octanol–water partition coefficient (Wildman–Crippen LogP) is 4.79. The number of nitrogens with one attached hydrogen (secondary N) is 2. The molecule has 0 aliphatic rings. The predicted molar refractivity (Wildman–Crippen MR) is 95.2 cm³/mol. The van der Waals surface area contributed by atoms with Gasteiger partial charge in [-0.3, -0.25) is 0 Å². The van der Waals surface area contributed by atoms with E-state index in [4.69, 9.17) is 16.6 Å². The molecule has 0 saturated carbocycles. The summed E-state index contributed by atoms with van der Waals surface area (Å²) in [4.78, 5) is 0. The molecule has 1 atom stereocenters. The summed E-state index contributed by atoms with van der Waals surface area (Å²) in [6, 6.07) is 18.1. The molecule has 3 aromatic rings. The average molecular weight is 310 g/mol. The fourth-order valence-corrected chi connectivity index (χ4v) is 2.67. The maximum absolute atomic E-state index is 5.85. The van der Waals surface area contributed by atoms with Crippen molar-refractivity contribution < 1.29 is 4.42 Å². The van der Waals surface area contributed by atoms with Crippen molar-refractivity contribution >= 4 is 34.0 Å². The van der Waals surface area contributed by atoms with Gasteiger partial charge in [-0.15, -0.1) is 0 Å². The highest BCUT2D eigenvalue weighted by Gasteiger charge is 2.12. The van der Waals surface area contributed by atoms with E-state index in [2.05, 4.69) is 29.7 Å². The molecule has 0 spiro atoms. The molecule has 0 aliphatic carbocycles. The van der Waals surface area contributed by atoms with Crippen LogP contribution in [0.25, 0.3) is 11.0 Å². The second-order valence-electron chi connectivity index (χ2n) is 5.38. The largest absolute Gasteiger partial charge is 0.459 e. The molecule has 3 rings (SSSR count). The monoisotopic (exact) mass is 310 g/mol. The van der Waals surface area contributed by atoms with Gasteiger partial charge in [0, 0.05) is 11.1 Å². The molecule has 0 fully saturated rings. The summed E-state index contributed by atoms with van der Waals surface area (Å²) in [6.45, 7) is 4.08. The van der Waals surface area contributed by atoms with Crippen LogP contribution in [0.15, 0.2) is 59.0 Å². The summed E-state index contributed by atoms with van der Waals surface area (Å²) in [6.07, 6.45) is 0. The Bertz CT molecular complexity index is 776. The van der Waals surface area contributed by atoms with Gasteiger partial charge in [0.2, 0.25) is 0 Å². The molecule has 0 amide bonds. The summed E-state index contributed by atoms with van der Waals surface area (Å²) in [5, 5.41) is 8.13. The van der Waals surface area contributed by atoms with E-state index in [0.717, 1.165) is 22.4 Å². The minimum atomic E-state index is -0.00258. The van der Waals surface area contributed by atoms with Gasteiger partial charge >= 0.3 is 0 Å². The van der Waals surface area contributed by atoms with Crippen molar-refractivity contribution in [3.05, 3.63) is 65.9 Å². The van der Waals surface area contributed by atoms with Crippen molar-refractivity contribution in [1.29, 1.82) is 0 Å². The lowest BCUT2D eigenvalue weighted by Crippen LogP contribution is -2.30. The molecule has 112 valence electrons. The highest BCUT2D eigenvalue weighted by Crippen LogP contribution is 2.23. The highest BCUT2D eigenvalue weighted by molar-refractivity contribution is 7.80. The summed E-state index contributed by atoms with van der Waals surface area (Å²) in [7, 11) is 0. The molecule has 0 saturated heterocycles. The number of furan rings is 1. The number of hydrogen-bond acceptors (Lipinski definition) is 2. The van der Waals surface area contributed by atoms with Crippen molar-refractivity contribution in [2.45, 2.75) is 19.9 Å². The Morgan fingerprint density at radius 3 is 2.68 bits per heavy atom. The smallest absolute Gasteiger partial charge is 0.171 e. The molecular formula is C18H18N2OS.